The van der Waals surface area contributed by atoms with Crippen molar-refractivity contribution >= 4 is 0 Å². The molecule has 6 heteroatoms. The van der Waals surface area contributed by atoms with Gasteiger partial charge in [-0.15, -0.1) is 0 Å². The second-order valence-electron chi connectivity index (χ2n) is 2.75. The van der Waals surface area contributed by atoms with Gasteiger partial charge < -0.3 is 5.48 Å². The van der Waals surface area contributed by atoms with Crippen LogP contribution in [-0.2, 0) is 39.3 Å². The summed E-state index contributed by atoms with van der Waals surface area (Å²) in [4.78, 5) is 0. The van der Waals surface area contributed by atoms with E-state index in [1.54, 1.807) is 0 Å². The van der Waals surface area contributed by atoms with E-state index in [2.05, 4.69) is 34.8 Å². The van der Waals surface area contributed by atoms with Crippen LogP contribution in [0, 0.1) is 0 Å². The fourth-order valence-corrected chi connectivity index (χ4v) is 0.975. The Morgan fingerprint density at radius 2 is 2.00 bits per heavy atom. The van der Waals surface area contributed by atoms with Crippen molar-refractivity contribution in [2.75, 3.05) is 0 Å². The Morgan fingerprint density at radius 1 is 1.43 bits per heavy atom. The van der Waals surface area contributed by atoms with Gasteiger partial charge in [0.25, 0.3) is 0 Å². The van der Waals surface area contributed by atoms with Gasteiger partial charge in [0.1, 0.15) is 12.4 Å². The van der Waals surface area contributed by atoms with Crippen molar-refractivity contribution in [3.8, 4) is 0 Å². The molecule has 0 unspecified atom stereocenters. The third-order valence-electron chi connectivity index (χ3n) is 1.59. The van der Waals surface area contributed by atoms with Crippen molar-refractivity contribution in [3.05, 3.63) is 18.7 Å². The Hall–Kier alpha value is -0.516. The van der Waals surface area contributed by atoms with Crippen molar-refractivity contribution in [2.24, 2.45) is 7.05 Å². The summed E-state index contributed by atoms with van der Waals surface area (Å²) in [5.74, 6) is 0. The molecule has 0 aliphatic carbocycles. The fraction of sp³-hybridized carbons (Fsp3) is 0.625. The topological polar surface area (TPSA) is 73.0 Å². The number of aryl methyl sites for hydroxylation is 2. The van der Waals surface area contributed by atoms with Gasteiger partial charge in [-0.05, 0) is 6.42 Å². The Balaban J connectivity index is 0. The maximum absolute atomic E-state index is 8.50. The van der Waals surface area contributed by atoms with E-state index in [0.29, 0.717) is 0 Å². The van der Waals surface area contributed by atoms with E-state index in [1.807, 2.05) is 7.05 Å². The van der Waals surface area contributed by atoms with E-state index in [9.17, 15) is 0 Å². The van der Waals surface area contributed by atoms with Crippen molar-refractivity contribution in [1.29, 1.82) is 0 Å². The molecule has 0 saturated heterocycles. The van der Waals surface area contributed by atoms with Gasteiger partial charge in [0.05, 0.1) is 13.6 Å². The number of aromatic nitrogens is 2. The molecule has 0 radical (unpaired) electrons. The molecular weight excluding hydrogens is 220 g/mol. The third kappa shape index (κ3) is 8.10. The van der Waals surface area contributed by atoms with Crippen molar-refractivity contribution in [3.63, 3.8) is 0 Å². The first-order valence-corrected chi connectivity index (χ1v) is 5.52. The second kappa shape index (κ2) is 10.6. The molecule has 0 bridgehead atoms. The van der Waals surface area contributed by atoms with Crippen LogP contribution in [0.2, 0.25) is 0 Å². The van der Waals surface area contributed by atoms with E-state index in [1.165, 1.54) is 12.8 Å². The van der Waals surface area contributed by atoms with E-state index in [4.69, 9.17) is 6.65 Å². The number of nitrogens with zero attached hydrogens (tertiary/aromatic N) is 2. The zero-order chi connectivity index (χ0) is 10.1. The molecule has 0 spiro atoms. The molecule has 1 rings (SSSR count). The van der Waals surface area contributed by atoms with E-state index < -0.39 is 19.1 Å². The first kappa shape index (κ1) is 15.9. The predicted molar refractivity (Wildman–Crippen MR) is 43.8 cm³/mol. The van der Waals surface area contributed by atoms with Gasteiger partial charge in [-0.3, -0.25) is 0 Å². The molecule has 0 aromatic carbocycles. The monoisotopic (exact) mass is 236 g/mol. The van der Waals surface area contributed by atoms with Gasteiger partial charge in [-0.2, -0.15) is 0 Å². The average molecular weight is 236 g/mol. The molecule has 1 N–H and O–H groups in total. The molecule has 0 aliphatic rings. The minimum absolute atomic E-state index is 0. The number of hydrogen-bond acceptors (Lipinski definition) is 3. The van der Waals surface area contributed by atoms with Crippen LogP contribution in [0.3, 0.4) is 0 Å². The fourth-order valence-electron chi connectivity index (χ4n) is 0.975. The third-order valence-corrected chi connectivity index (χ3v) is 1.59. The molecule has 0 amide bonds. The normalized spacial score (nSPS) is 7.86. The maximum atomic E-state index is 8.50. The summed E-state index contributed by atoms with van der Waals surface area (Å²) in [5.41, 5.74) is 0. The summed E-state index contributed by atoms with van der Waals surface area (Å²) in [5, 5.41) is 0. The molecule has 1 aromatic rings. The molecule has 0 aliphatic heterocycles. The number of hydrogen-bond donors (Lipinski definition) is 0. The second-order valence-corrected chi connectivity index (χ2v) is 3.01. The first-order valence-electron chi connectivity index (χ1n) is 4.24. The zero-order valence-electron chi connectivity index (χ0n) is 8.51. The Morgan fingerprint density at radius 3 is 2.36 bits per heavy atom. The molecule has 1 aromatic heterocycles. The van der Waals surface area contributed by atoms with Gasteiger partial charge in [-0.1, -0.05) is 13.3 Å². The summed E-state index contributed by atoms with van der Waals surface area (Å²) in [6.07, 6.45) is 8.82. The summed E-state index contributed by atoms with van der Waals surface area (Å²) in [6.45, 7) is 3.36. The van der Waals surface area contributed by atoms with E-state index in [0.717, 1.165) is 6.54 Å². The Labute approximate surface area is 92.6 Å². The minimum atomic E-state index is -2.00. The van der Waals surface area contributed by atoms with E-state index >= 15 is 0 Å². The first-order chi connectivity index (χ1) is 6.24. The standard InChI is InChI=1S/C8H15N2.H2O.2O.Ti/c1-3-4-5-10-7-6-9(2)8-10;;;;/h6-8H,3-5H2,1-2H3;1H2;;;/q+1;;;;/p-1. The number of rotatable bonds is 3. The van der Waals surface area contributed by atoms with Crippen LogP contribution in [0.5, 0.6) is 0 Å². The summed E-state index contributed by atoms with van der Waals surface area (Å²) < 4.78 is 21.3. The number of unbranched alkanes of at least 4 members (excludes halogenated alkanes) is 1. The van der Waals surface area contributed by atoms with Gasteiger partial charge in [0.15, 0.2) is 0 Å². The SMILES string of the molecule is CCCCn1cc[n+](C)c1.[OH-].[O]=[Ti]=[O]. The van der Waals surface area contributed by atoms with Gasteiger partial charge >= 0.3 is 25.7 Å². The van der Waals surface area contributed by atoms with Crippen molar-refractivity contribution < 1.29 is 35.8 Å². The molecule has 1 heterocycles. The molecule has 5 nitrogen and oxygen atoms in total. The predicted octanol–water partition coefficient (Wildman–Crippen LogP) is 0.696. The molecule has 80 valence electrons. The van der Waals surface area contributed by atoms with Gasteiger partial charge in [0.2, 0.25) is 6.33 Å². The molecule has 0 saturated carbocycles. The quantitative estimate of drug-likeness (QED) is 0.572. The average Bonchev–Trinajstić information content (AvgIpc) is 2.49. The van der Waals surface area contributed by atoms with Crippen LogP contribution in [-0.4, -0.2) is 10.0 Å². The molecule has 14 heavy (non-hydrogen) atoms. The van der Waals surface area contributed by atoms with Crippen molar-refractivity contribution in [2.45, 2.75) is 26.3 Å². The van der Waals surface area contributed by atoms with Gasteiger partial charge in [0, 0.05) is 0 Å². The van der Waals surface area contributed by atoms with Gasteiger partial charge in [-0.25, -0.2) is 9.13 Å². The summed E-state index contributed by atoms with van der Waals surface area (Å²) in [7, 11) is 2.04. The summed E-state index contributed by atoms with van der Waals surface area (Å²) >= 11 is -2.00. The van der Waals surface area contributed by atoms with Crippen LogP contribution >= 0.6 is 0 Å². The van der Waals surface area contributed by atoms with E-state index in [-0.39, 0.29) is 5.48 Å². The zero-order valence-corrected chi connectivity index (χ0v) is 10.1. The van der Waals surface area contributed by atoms with Crippen LogP contribution in [0.1, 0.15) is 19.8 Å². The Kier molecular flexibility index (Phi) is 12.0. The van der Waals surface area contributed by atoms with Crippen LogP contribution in [0.15, 0.2) is 18.7 Å². The summed E-state index contributed by atoms with van der Waals surface area (Å²) in [6, 6.07) is 0. The van der Waals surface area contributed by atoms with Crippen LogP contribution < -0.4 is 4.57 Å². The Bertz CT molecular complexity index is 269. The molecule has 0 atom stereocenters. The van der Waals surface area contributed by atoms with Crippen molar-refractivity contribution in [1.82, 2.24) is 4.57 Å². The van der Waals surface area contributed by atoms with Crippen LogP contribution in [0.25, 0.3) is 0 Å². The number of imidazole rings is 1. The van der Waals surface area contributed by atoms with Crippen LogP contribution in [0.4, 0.5) is 0 Å². The molecule has 0 fully saturated rings. The molecular formula is C8H16N2O3Ti.